The molecule has 0 spiro atoms. The Morgan fingerprint density at radius 2 is 2.47 bits per heavy atom. The Balaban J connectivity index is 2.08. The zero-order valence-electron chi connectivity index (χ0n) is 9.97. The maximum absolute atomic E-state index is 11.4. The maximum atomic E-state index is 11.4. The first-order valence-electron chi connectivity index (χ1n) is 5.63. The second-order valence-corrected chi connectivity index (χ2v) is 4.04. The molecular weight excluding hydrogens is 220 g/mol. The highest BCUT2D eigenvalue weighted by atomic mass is 16.5. The Morgan fingerprint density at radius 3 is 3.12 bits per heavy atom. The van der Waals surface area contributed by atoms with Gasteiger partial charge in [-0.05, 0) is 25.5 Å². The van der Waals surface area contributed by atoms with Gasteiger partial charge in [0.15, 0.2) is 0 Å². The van der Waals surface area contributed by atoms with Crippen molar-refractivity contribution in [2.75, 3.05) is 19.0 Å². The number of nitrogens with one attached hydrogen (secondary N) is 1. The predicted molar refractivity (Wildman–Crippen MR) is 63.0 cm³/mol. The average Bonchev–Trinajstić information content (AvgIpc) is 2.74. The van der Waals surface area contributed by atoms with Crippen LogP contribution in [-0.4, -0.2) is 36.8 Å². The van der Waals surface area contributed by atoms with Crippen molar-refractivity contribution >= 4 is 11.8 Å². The molecule has 0 saturated carbocycles. The summed E-state index contributed by atoms with van der Waals surface area (Å²) in [5.41, 5.74) is 0.497. The molecule has 1 aliphatic rings. The van der Waals surface area contributed by atoms with E-state index in [1.807, 2.05) is 6.92 Å². The van der Waals surface area contributed by atoms with E-state index >= 15 is 0 Å². The minimum atomic E-state index is -0.355. The van der Waals surface area contributed by atoms with Crippen LogP contribution in [0.15, 0.2) is 18.3 Å². The summed E-state index contributed by atoms with van der Waals surface area (Å²) >= 11 is 0. The third-order valence-electron chi connectivity index (χ3n) is 2.89. The van der Waals surface area contributed by atoms with E-state index in [0.717, 1.165) is 13.0 Å². The summed E-state index contributed by atoms with van der Waals surface area (Å²) in [7, 11) is 1.36. The Bertz CT molecular complexity index is 408. The van der Waals surface area contributed by atoms with Gasteiger partial charge in [-0.1, -0.05) is 0 Å². The van der Waals surface area contributed by atoms with Crippen molar-refractivity contribution in [1.29, 1.82) is 0 Å². The van der Waals surface area contributed by atoms with E-state index < -0.39 is 0 Å². The third-order valence-corrected chi connectivity index (χ3v) is 2.89. The molecular formula is C12H16N2O3. The largest absolute Gasteiger partial charge is 0.465 e. The fourth-order valence-corrected chi connectivity index (χ4v) is 1.87. The predicted octanol–water partition coefficient (Wildman–Crippen LogP) is 1.46. The van der Waals surface area contributed by atoms with Crippen molar-refractivity contribution < 1.29 is 14.3 Å². The van der Waals surface area contributed by atoms with Crippen molar-refractivity contribution in [2.45, 2.75) is 25.5 Å². The maximum Gasteiger partial charge on any atom is 0.338 e. The van der Waals surface area contributed by atoms with Gasteiger partial charge in [-0.2, -0.15) is 0 Å². The van der Waals surface area contributed by atoms with Crippen molar-refractivity contribution in [1.82, 2.24) is 4.98 Å². The first-order valence-corrected chi connectivity index (χ1v) is 5.63. The van der Waals surface area contributed by atoms with Crippen LogP contribution in [0.4, 0.5) is 5.82 Å². The molecule has 1 aromatic heterocycles. The Kier molecular flexibility index (Phi) is 3.58. The summed E-state index contributed by atoms with van der Waals surface area (Å²) < 4.78 is 10.1. The van der Waals surface area contributed by atoms with E-state index in [9.17, 15) is 4.79 Å². The number of nitrogens with zero attached hydrogens (tertiary/aromatic N) is 1. The van der Waals surface area contributed by atoms with Gasteiger partial charge in [-0.25, -0.2) is 9.78 Å². The number of pyridine rings is 1. The summed E-state index contributed by atoms with van der Waals surface area (Å²) in [6.07, 6.45) is 2.71. The number of carbonyl (C=O) groups is 1. The molecule has 1 fully saturated rings. The van der Waals surface area contributed by atoms with Gasteiger partial charge in [0, 0.05) is 12.8 Å². The van der Waals surface area contributed by atoms with Crippen LogP contribution in [0.1, 0.15) is 23.7 Å². The Hall–Kier alpha value is -1.62. The van der Waals surface area contributed by atoms with Crippen molar-refractivity contribution in [3.05, 3.63) is 23.9 Å². The summed E-state index contributed by atoms with van der Waals surface area (Å²) in [6.45, 7) is 2.78. The van der Waals surface area contributed by atoms with Gasteiger partial charge in [0.05, 0.1) is 24.8 Å². The zero-order chi connectivity index (χ0) is 12.3. The lowest BCUT2D eigenvalue weighted by Gasteiger charge is -2.16. The standard InChI is InChI=1S/C12H16N2O3/c1-8-10(4-6-17-8)14-11-7-9(3-5-13-11)12(15)16-2/h3,5,7-8,10H,4,6H2,1-2H3,(H,13,14). The van der Waals surface area contributed by atoms with Crippen LogP contribution in [0.25, 0.3) is 0 Å². The molecule has 2 unspecified atom stereocenters. The number of carbonyl (C=O) groups excluding carboxylic acids is 1. The van der Waals surface area contributed by atoms with Crippen molar-refractivity contribution in [3.63, 3.8) is 0 Å². The highest BCUT2D eigenvalue weighted by molar-refractivity contribution is 5.89. The number of anilines is 1. The van der Waals surface area contributed by atoms with Crippen molar-refractivity contribution in [3.8, 4) is 0 Å². The summed E-state index contributed by atoms with van der Waals surface area (Å²) in [6, 6.07) is 3.57. The fourth-order valence-electron chi connectivity index (χ4n) is 1.87. The van der Waals surface area contributed by atoms with Crippen LogP contribution >= 0.6 is 0 Å². The minimum absolute atomic E-state index is 0.165. The van der Waals surface area contributed by atoms with E-state index in [0.29, 0.717) is 11.4 Å². The van der Waals surface area contributed by atoms with Crippen molar-refractivity contribution in [2.24, 2.45) is 0 Å². The van der Waals surface area contributed by atoms with E-state index in [1.54, 1.807) is 18.3 Å². The lowest BCUT2D eigenvalue weighted by Crippen LogP contribution is -2.27. The normalized spacial score (nSPS) is 23.4. The van der Waals surface area contributed by atoms with Gasteiger partial charge in [0.25, 0.3) is 0 Å². The number of hydrogen-bond donors (Lipinski definition) is 1. The first-order chi connectivity index (χ1) is 8.20. The number of ether oxygens (including phenoxy) is 2. The molecule has 1 aliphatic heterocycles. The summed E-state index contributed by atoms with van der Waals surface area (Å²) in [4.78, 5) is 15.5. The topological polar surface area (TPSA) is 60.5 Å². The molecule has 92 valence electrons. The second kappa shape index (κ2) is 5.14. The van der Waals surface area contributed by atoms with Gasteiger partial charge in [0.1, 0.15) is 5.82 Å². The molecule has 2 atom stereocenters. The highest BCUT2D eigenvalue weighted by Gasteiger charge is 2.24. The van der Waals surface area contributed by atoms with E-state index in [1.165, 1.54) is 7.11 Å². The first kappa shape index (κ1) is 11.9. The van der Waals surface area contributed by atoms with Gasteiger partial charge in [-0.3, -0.25) is 0 Å². The minimum Gasteiger partial charge on any atom is -0.465 e. The van der Waals surface area contributed by atoms with Gasteiger partial charge >= 0.3 is 5.97 Å². The molecule has 2 heterocycles. The van der Waals surface area contributed by atoms with Crippen LogP contribution in [0.5, 0.6) is 0 Å². The van der Waals surface area contributed by atoms with Crippen LogP contribution < -0.4 is 5.32 Å². The Morgan fingerprint density at radius 1 is 1.65 bits per heavy atom. The molecule has 0 radical (unpaired) electrons. The van der Waals surface area contributed by atoms with Crippen LogP contribution in [0.2, 0.25) is 0 Å². The lowest BCUT2D eigenvalue weighted by molar-refractivity contribution is 0.0600. The molecule has 17 heavy (non-hydrogen) atoms. The third kappa shape index (κ3) is 2.74. The van der Waals surface area contributed by atoms with E-state index in [-0.39, 0.29) is 18.1 Å². The SMILES string of the molecule is COC(=O)c1ccnc(NC2CCOC2C)c1. The molecule has 0 aromatic carbocycles. The molecule has 1 N–H and O–H groups in total. The number of esters is 1. The number of aromatic nitrogens is 1. The molecule has 1 saturated heterocycles. The lowest BCUT2D eigenvalue weighted by atomic mass is 10.1. The van der Waals surface area contributed by atoms with Crippen LogP contribution in [-0.2, 0) is 9.47 Å². The zero-order valence-corrected chi connectivity index (χ0v) is 9.97. The summed E-state index contributed by atoms with van der Waals surface area (Å²) in [5.74, 6) is 0.321. The van der Waals surface area contributed by atoms with Gasteiger partial charge in [0.2, 0.25) is 0 Å². The fraction of sp³-hybridized carbons (Fsp3) is 0.500. The van der Waals surface area contributed by atoms with E-state index in [4.69, 9.17) is 4.74 Å². The number of hydrogen-bond acceptors (Lipinski definition) is 5. The highest BCUT2D eigenvalue weighted by Crippen LogP contribution is 2.18. The molecule has 0 amide bonds. The van der Waals surface area contributed by atoms with Gasteiger partial charge < -0.3 is 14.8 Å². The Labute approximate surface area is 100 Å². The molecule has 0 bridgehead atoms. The van der Waals surface area contributed by atoms with E-state index in [2.05, 4.69) is 15.0 Å². The monoisotopic (exact) mass is 236 g/mol. The molecule has 2 rings (SSSR count). The van der Waals surface area contributed by atoms with Crippen LogP contribution in [0, 0.1) is 0 Å². The molecule has 0 aliphatic carbocycles. The summed E-state index contributed by atoms with van der Waals surface area (Å²) in [5, 5.41) is 3.27. The van der Waals surface area contributed by atoms with Crippen LogP contribution in [0.3, 0.4) is 0 Å². The number of rotatable bonds is 3. The number of methoxy groups -OCH3 is 1. The second-order valence-electron chi connectivity index (χ2n) is 4.04. The molecule has 1 aromatic rings. The molecule has 5 nitrogen and oxygen atoms in total. The molecule has 5 heteroatoms. The van der Waals surface area contributed by atoms with Gasteiger partial charge in [-0.15, -0.1) is 0 Å². The quantitative estimate of drug-likeness (QED) is 0.805. The smallest absolute Gasteiger partial charge is 0.338 e. The average molecular weight is 236 g/mol.